The Morgan fingerprint density at radius 2 is 2.10 bits per heavy atom. The van der Waals surface area contributed by atoms with Crippen molar-refractivity contribution in [3.05, 3.63) is 45.3 Å². The van der Waals surface area contributed by atoms with E-state index in [1.165, 1.54) is 6.20 Å². The maximum atomic E-state index is 12.3. The van der Waals surface area contributed by atoms with Crippen molar-refractivity contribution in [2.24, 2.45) is 0 Å². The Morgan fingerprint density at radius 1 is 1.33 bits per heavy atom. The molecule has 3 rings (SSSR count). The molecule has 0 radical (unpaired) electrons. The largest absolute Gasteiger partial charge is 0.345 e. The second-order valence-electron chi connectivity index (χ2n) is 4.96. The van der Waals surface area contributed by atoms with E-state index in [9.17, 15) is 9.59 Å². The summed E-state index contributed by atoms with van der Waals surface area (Å²) in [7, 11) is 0. The van der Waals surface area contributed by atoms with E-state index < -0.39 is 0 Å². The number of aryl methyl sites for hydroxylation is 1. The molecular weight excluding hydrogens is 288 g/mol. The molecule has 21 heavy (non-hydrogen) atoms. The minimum Gasteiger partial charge on any atom is -0.345 e. The summed E-state index contributed by atoms with van der Waals surface area (Å²) in [6.45, 7) is 4.66. The highest BCUT2D eigenvalue weighted by Crippen LogP contribution is 2.21. The van der Waals surface area contributed by atoms with E-state index in [0.29, 0.717) is 13.1 Å². The molecule has 7 heteroatoms. The van der Waals surface area contributed by atoms with Gasteiger partial charge in [0.2, 0.25) is 0 Å². The van der Waals surface area contributed by atoms with Crippen LogP contribution in [-0.4, -0.2) is 47.0 Å². The number of amides is 1. The summed E-state index contributed by atoms with van der Waals surface area (Å²) in [4.78, 5) is 34.9. The average Bonchev–Trinajstić information content (AvgIpc) is 2.94. The summed E-state index contributed by atoms with van der Waals surface area (Å²) in [5.41, 5.74) is 0.890. The van der Waals surface area contributed by atoms with Gasteiger partial charge in [-0.1, -0.05) is 0 Å². The van der Waals surface area contributed by atoms with Crippen LogP contribution in [0.4, 0.5) is 5.13 Å². The molecule has 1 saturated heterocycles. The molecular formula is C14H16N4O2S. The molecule has 0 bridgehead atoms. The zero-order valence-electron chi connectivity index (χ0n) is 11.7. The molecule has 0 spiro atoms. The number of hydrogen-bond acceptors (Lipinski definition) is 5. The minimum atomic E-state index is -0.333. The van der Waals surface area contributed by atoms with Gasteiger partial charge in [-0.3, -0.25) is 9.59 Å². The minimum absolute atomic E-state index is 0.202. The van der Waals surface area contributed by atoms with Crippen LogP contribution in [0, 0.1) is 6.92 Å². The summed E-state index contributed by atoms with van der Waals surface area (Å²) < 4.78 is 0. The number of nitrogens with zero attached hydrogens (tertiary/aromatic N) is 3. The molecule has 1 aliphatic heterocycles. The first-order chi connectivity index (χ1) is 10.1. The molecule has 0 aliphatic carbocycles. The van der Waals surface area contributed by atoms with Gasteiger partial charge in [0.25, 0.3) is 11.5 Å². The third-order valence-corrected chi connectivity index (χ3v) is 4.51. The van der Waals surface area contributed by atoms with Crippen LogP contribution in [-0.2, 0) is 0 Å². The second-order valence-corrected chi connectivity index (χ2v) is 5.80. The quantitative estimate of drug-likeness (QED) is 0.902. The van der Waals surface area contributed by atoms with Crippen LogP contribution in [0.15, 0.2) is 28.5 Å². The predicted molar refractivity (Wildman–Crippen MR) is 82.0 cm³/mol. The Labute approximate surface area is 126 Å². The van der Waals surface area contributed by atoms with E-state index in [4.69, 9.17) is 0 Å². The summed E-state index contributed by atoms with van der Waals surface area (Å²) in [5, 5.41) is 3.02. The molecule has 110 valence electrons. The van der Waals surface area contributed by atoms with E-state index in [-0.39, 0.29) is 17.0 Å². The van der Waals surface area contributed by atoms with Crippen LogP contribution in [0.5, 0.6) is 0 Å². The van der Waals surface area contributed by atoms with Crippen molar-refractivity contribution in [2.45, 2.75) is 6.92 Å². The highest BCUT2D eigenvalue weighted by molar-refractivity contribution is 7.13. The van der Waals surface area contributed by atoms with Crippen LogP contribution in [0.1, 0.15) is 16.1 Å². The molecule has 1 N–H and O–H groups in total. The summed E-state index contributed by atoms with van der Waals surface area (Å²) in [6, 6.07) is 3.24. The highest BCUT2D eigenvalue weighted by atomic mass is 32.1. The molecule has 6 nitrogen and oxygen atoms in total. The number of nitrogens with one attached hydrogen (secondary N) is 1. The van der Waals surface area contributed by atoms with Crippen LogP contribution in [0.25, 0.3) is 0 Å². The summed E-state index contributed by atoms with van der Waals surface area (Å²) >= 11 is 1.62. The number of hydrogen-bond donors (Lipinski definition) is 1. The van der Waals surface area contributed by atoms with Crippen molar-refractivity contribution in [3.8, 4) is 0 Å². The molecule has 0 unspecified atom stereocenters. The number of anilines is 1. The summed E-state index contributed by atoms with van der Waals surface area (Å²) in [5.74, 6) is -0.202. The fraction of sp³-hybridized carbons (Fsp3) is 0.357. The Morgan fingerprint density at radius 3 is 2.71 bits per heavy atom. The predicted octanol–water partition coefficient (Wildman–Crippen LogP) is 1.10. The highest BCUT2D eigenvalue weighted by Gasteiger charge is 2.24. The molecule has 2 aromatic heterocycles. The number of carbonyl (C=O) groups is 1. The lowest BCUT2D eigenvalue weighted by molar-refractivity contribution is 0.0745. The maximum Gasteiger partial charge on any atom is 0.260 e. The van der Waals surface area contributed by atoms with E-state index in [1.807, 2.05) is 12.3 Å². The molecule has 1 amide bonds. The van der Waals surface area contributed by atoms with Gasteiger partial charge >= 0.3 is 0 Å². The Balaban J connectivity index is 1.67. The number of piperazine rings is 1. The zero-order chi connectivity index (χ0) is 14.8. The number of thiazole rings is 1. The number of aromatic nitrogens is 2. The van der Waals surface area contributed by atoms with Crippen molar-refractivity contribution < 1.29 is 4.79 Å². The first-order valence-electron chi connectivity index (χ1n) is 6.79. The van der Waals surface area contributed by atoms with E-state index in [1.54, 1.807) is 28.4 Å². The number of aromatic amines is 1. The Hall–Kier alpha value is -2.15. The van der Waals surface area contributed by atoms with E-state index >= 15 is 0 Å². The van der Waals surface area contributed by atoms with Crippen LogP contribution >= 0.6 is 11.3 Å². The zero-order valence-corrected chi connectivity index (χ0v) is 12.5. The Kier molecular flexibility index (Phi) is 3.74. The molecule has 1 fully saturated rings. The van der Waals surface area contributed by atoms with Crippen molar-refractivity contribution in [1.29, 1.82) is 0 Å². The molecule has 1 aliphatic rings. The number of pyridine rings is 1. The van der Waals surface area contributed by atoms with Crippen LogP contribution in [0.3, 0.4) is 0 Å². The van der Waals surface area contributed by atoms with Crippen molar-refractivity contribution in [2.75, 3.05) is 31.1 Å². The van der Waals surface area contributed by atoms with Gasteiger partial charge in [0.1, 0.15) is 5.56 Å². The first kappa shape index (κ1) is 13.8. The monoisotopic (exact) mass is 304 g/mol. The van der Waals surface area contributed by atoms with Gasteiger partial charge in [-0.15, -0.1) is 11.3 Å². The lowest BCUT2D eigenvalue weighted by atomic mass is 10.2. The lowest BCUT2D eigenvalue weighted by Crippen LogP contribution is -2.49. The van der Waals surface area contributed by atoms with Gasteiger partial charge < -0.3 is 14.8 Å². The molecule has 0 atom stereocenters. The molecule has 0 saturated carbocycles. The first-order valence-corrected chi connectivity index (χ1v) is 7.67. The maximum absolute atomic E-state index is 12.3. The topological polar surface area (TPSA) is 69.3 Å². The summed E-state index contributed by atoms with van der Waals surface area (Å²) in [6.07, 6.45) is 1.53. The van der Waals surface area contributed by atoms with Crippen LogP contribution < -0.4 is 10.5 Å². The van der Waals surface area contributed by atoms with Crippen LogP contribution in [0.2, 0.25) is 0 Å². The van der Waals surface area contributed by atoms with Gasteiger partial charge in [0.15, 0.2) is 5.13 Å². The standard InChI is InChI=1S/C14H16N4O2S/c1-10-9-21-14(16-10)18-7-5-17(6-8-18)13(20)11-3-2-4-15-12(11)19/h2-4,9H,5-8H2,1H3,(H,15,19). The fourth-order valence-electron chi connectivity index (χ4n) is 2.35. The fourth-order valence-corrected chi connectivity index (χ4v) is 3.20. The smallest absolute Gasteiger partial charge is 0.260 e. The Bertz CT molecular complexity index is 701. The SMILES string of the molecule is Cc1csc(N2CCN(C(=O)c3ccc[nH]c3=O)CC2)n1. The normalized spacial score (nSPS) is 15.3. The van der Waals surface area contributed by atoms with Gasteiger partial charge in [-0.2, -0.15) is 0 Å². The van der Waals surface area contributed by atoms with Gasteiger partial charge in [-0.05, 0) is 19.1 Å². The number of rotatable bonds is 2. The average molecular weight is 304 g/mol. The number of carbonyl (C=O) groups excluding carboxylic acids is 1. The van der Waals surface area contributed by atoms with E-state index in [0.717, 1.165) is 23.9 Å². The lowest BCUT2D eigenvalue weighted by Gasteiger charge is -2.34. The molecule has 0 aromatic carbocycles. The molecule has 3 heterocycles. The second kappa shape index (κ2) is 5.69. The van der Waals surface area contributed by atoms with Gasteiger partial charge in [-0.25, -0.2) is 4.98 Å². The molecule has 2 aromatic rings. The third kappa shape index (κ3) is 2.82. The van der Waals surface area contributed by atoms with Crippen molar-refractivity contribution >= 4 is 22.4 Å². The van der Waals surface area contributed by atoms with Crippen molar-refractivity contribution in [3.63, 3.8) is 0 Å². The third-order valence-electron chi connectivity index (χ3n) is 3.49. The van der Waals surface area contributed by atoms with Crippen molar-refractivity contribution in [1.82, 2.24) is 14.9 Å². The van der Waals surface area contributed by atoms with Gasteiger partial charge in [0.05, 0.1) is 5.69 Å². The number of H-pyrrole nitrogens is 1. The van der Waals surface area contributed by atoms with Gasteiger partial charge in [0, 0.05) is 37.8 Å². The van der Waals surface area contributed by atoms with E-state index in [2.05, 4.69) is 14.9 Å².